The van der Waals surface area contributed by atoms with Crippen LogP contribution in [0.5, 0.6) is 0 Å². The number of nitrogens with zero attached hydrogens (tertiary/aromatic N) is 2. The molecule has 0 saturated carbocycles. The number of halogens is 2. The second-order valence-corrected chi connectivity index (χ2v) is 5.10. The van der Waals surface area contributed by atoms with E-state index in [4.69, 9.17) is 9.84 Å². The molecule has 0 unspecified atom stereocenters. The molecular formula is C12H17F2N3O3. The van der Waals surface area contributed by atoms with Crippen molar-refractivity contribution >= 4 is 12.0 Å². The maximum atomic E-state index is 13.4. The summed E-state index contributed by atoms with van der Waals surface area (Å²) < 4.78 is 31.8. The number of ether oxygens (including phenoxy) is 1. The van der Waals surface area contributed by atoms with Crippen LogP contribution in [0.1, 0.15) is 32.8 Å². The Bertz CT molecular complexity index is 458. The third-order valence-electron chi connectivity index (χ3n) is 2.11. The lowest BCUT2D eigenvalue weighted by atomic mass is 10.1. The number of carbonyl (C=O) groups excluding carboxylic acids is 1. The highest BCUT2D eigenvalue weighted by atomic mass is 19.3. The van der Waals surface area contributed by atoms with Gasteiger partial charge in [0.25, 0.3) is 5.92 Å². The molecule has 1 heterocycles. The van der Waals surface area contributed by atoms with Gasteiger partial charge in [-0.15, -0.1) is 0 Å². The molecule has 0 fully saturated rings. The molecule has 0 radical (unpaired) electrons. The van der Waals surface area contributed by atoms with Crippen LogP contribution in [-0.4, -0.2) is 33.4 Å². The highest BCUT2D eigenvalue weighted by Crippen LogP contribution is 2.30. The average Bonchev–Trinajstić information content (AvgIpc) is 2.26. The van der Waals surface area contributed by atoms with Crippen molar-refractivity contribution < 1.29 is 23.4 Å². The van der Waals surface area contributed by atoms with Crippen LogP contribution in [0.25, 0.3) is 0 Å². The van der Waals surface area contributed by atoms with Gasteiger partial charge in [-0.2, -0.15) is 0 Å². The lowest BCUT2D eigenvalue weighted by molar-refractivity contribution is -0.0275. The summed E-state index contributed by atoms with van der Waals surface area (Å²) in [4.78, 5) is 18.6. The summed E-state index contributed by atoms with van der Waals surface area (Å²) >= 11 is 0. The molecule has 8 heteroatoms. The molecular weight excluding hydrogens is 272 g/mol. The Labute approximate surface area is 115 Å². The molecule has 0 spiro atoms. The first-order valence-corrected chi connectivity index (χ1v) is 5.95. The number of alkyl halides is 2. The number of hydrogen-bond acceptors (Lipinski definition) is 5. The molecule has 1 rings (SSSR count). The normalized spacial score (nSPS) is 12.1. The minimum atomic E-state index is -3.21. The fourth-order valence-corrected chi connectivity index (χ4v) is 1.26. The number of rotatable bonds is 4. The molecule has 1 amide bonds. The zero-order valence-corrected chi connectivity index (χ0v) is 11.5. The Balaban J connectivity index is 2.70. The van der Waals surface area contributed by atoms with Crippen molar-refractivity contribution in [1.82, 2.24) is 9.97 Å². The van der Waals surface area contributed by atoms with E-state index in [-0.39, 0.29) is 5.95 Å². The van der Waals surface area contributed by atoms with Gasteiger partial charge in [0.1, 0.15) is 5.60 Å². The first-order chi connectivity index (χ1) is 9.14. The van der Waals surface area contributed by atoms with E-state index >= 15 is 0 Å². The van der Waals surface area contributed by atoms with Crippen LogP contribution in [0.4, 0.5) is 19.5 Å². The van der Waals surface area contributed by atoms with Gasteiger partial charge in [-0.1, -0.05) is 0 Å². The minimum absolute atomic E-state index is 0.136. The predicted octanol–water partition coefficient (Wildman–Crippen LogP) is 2.30. The van der Waals surface area contributed by atoms with Gasteiger partial charge < -0.3 is 9.84 Å². The number of carbonyl (C=O) groups is 1. The number of nitrogens with one attached hydrogen (secondary N) is 1. The Morgan fingerprint density at radius 1 is 1.35 bits per heavy atom. The molecule has 0 aliphatic heterocycles. The van der Waals surface area contributed by atoms with Gasteiger partial charge in [0, 0.05) is 25.4 Å². The van der Waals surface area contributed by atoms with Crippen molar-refractivity contribution in [3.8, 4) is 0 Å². The fraction of sp³-hybridized carbons (Fsp3) is 0.583. The Morgan fingerprint density at radius 2 is 1.90 bits per heavy atom. The third-order valence-corrected chi connectivity index (χ3v) is 2.11. The maximum Gasteiger partial charge on any atom is 0.414 e. The highest BCUT2D eigenvalue weighted by molar-refractivity contribution is 5.82. The van der Waals surface area contributed by atoms with Crippen molar-refractivity contribution in [2.45, 2.75) is 38.7 Å². The average molecular weight is 289 g/mol. The molecule has 0 atom stereocenters. The smallest absolute Gasteiger partial charge is 0.414 e. The first kappa shape index (κ1) is 16.2. The minimum Gasteiger partial charge on any atom is -0.444 e. The van der Waals surface area contributed by atoms with Gasteiger partial charge in [0.15, 0.2) is 0 Å². The zero-order valence-electron chi connectivity index (χ0n) is 11.5. The van der Waals surface area contributed by atoms with Gasteiger partial charge in [0.05, 0.1) is 5.56 Å². The van der Waals surface area contributed by atoms with E-state index in [0.717, 1.165) is 12.4 Å². The maximum absolute atomic E-state index is 13.4. The van der Waals surface area contributed by atoms with E-state index in [1.54, 1.807) is 20.8 Å². The summed E-state index contributed by atoms with van der Waals surface area (Å²) in [6, 6.07) is 0. The van der Waals surface area contributed by atoms with E-state index in [2.05, 4.69) is 15.3 Å². The number of hydrogen-bond donors (Lipinski definition) is 2. The van der Waals surface area contributed by atoms with Crippen LogP contribution < -0.4 is 5.32 Å². The lowest BCUT2D eigenvalue weighted by Gasteiger charge is -2.19. The Hall–Kier alpha value is -1.83. The Kier molecular flexibility index (Phi) is 4.93. The van der Waals surface area contributed by atoms with Crippen LogP contribution in [-0.2, 0) is 10.7 Å². The largest absolute Gasteiger partial charge is 0.444 e. The molecule has 0 aliphatic carbocycles. The van der Waals surface area contributed by atoms with Crippen molar-refractivity contribution in [2.75, 3.05) is 11.9 Å². The first-order valence-electron chi connectivity index (χ1n) is 5.95. The van der Waals surface area contributed by atoms with E-state index in [0.29, 0.717) is 0 Å². The number of anilines is 1. The topological polar surface area (TPSA) is 84.3 Å². The summed E-state index contributed by atoms with van der Waals surface area (Å²) in [5.74, 6) is -3.35. The molecule has 6 nitrogen and oxygen atoms in total. The van der Waals surface area contributed by atoms with Gasteiger partial charge in [-0.25, -0.2) is 23.5 Å². The van der Waals surface area contributed by atoms with E-state index in [1.165, 1.54) is 0 Å². The number of aromatic nitrogens is 2. The monoisotopic (exact) mass is 289 g/mol. The van der Waals surface area contributed by atoms with Crippen molar-refractivity contribution in [2.24, 2.45) is 0 Å². The van der Waals surface area contributed by atoms with Crippen molar-refractivity contribution in [3.63, 3.8) is 0 Å². The molecule has 1 aromatic heterocycles. The summed E-state index contributed by atoms with van der Waals surface area (Å²) in [5, 5.41) is 10.8. The molecule has 0 aliphatic rings. The van der Waals surface area contributed by atoms with Gasteiger partial charge >= 0.3 is 6.09 Å². The number of aliphatic hydroxyl groups excluding tert-OH is 1. The van der Waals surface area contributed by atoms with Crippen LogP contribution in [0, 0.1) is 0 Å². The van der Waals surface area contributed by atoms with Crippen LogP contribution >= 0.6 is 0 Å². The van der Waals surface area contributed by atoms with Gasteiger partial charge in [-0.3, -0.25) is 5.32 Å². The van der Waals surface area contributed by atoms with Crippen LogP contribution in [0.15, 0.2) is 12.4 Å². The zero-order chi connectivity index (χ0) is 15.4. The molecule has 1 aromatic rings. The van der Waals surface area contributed by atoms with Crippen molar-refractivity contribution in [3.05, 3.63) is 18.0 Å². The van der Waals surface area contributed by atoms with E-state index < -0.39 is 36.2 Å². The summed E-state index contributed by atoms with van der Waals surface area (Å²) in [7, 11) is 0. The summed E-state index contributed by atoms with van der Waals surface area (Å²) in [5.41, 5.74) is -1.11. The van der Waals surface area contributed by atoms with Crippen LogP contribution in [0.2, 0.25) is 0 Å². The SMILES string of the molecule is CC(C)(C)OC(=O)Nc1ncc(C(F)(F)CCO)cn1. The fourth-order valence-electron chi connectivity index (χ4n) is 1.26. The lowest BCUT2D eigenvalue weighted by Crippen LogP contribution is -2.28. The molecule has 20 heavy (non-hydrogen) atoms. The molecule has 0 bridgehead atoms. The second kappa shape index (κ2) is 6.08. The van der Waals surface area contributed by atoms with Gasteiger partial charge in [0.2, 0.25) is 5.95 Å². The Morgan fingerprint density at radius 3 is 2.35 bits per heavy atom. The van der Waals surface area contributed by atoms with Gasteiger partial charge in [-0.05, 0) is 20.8 Å². The molecule has 112 valence electrons. The summed E-state index contributed by atoms with van der Waals surface area (Å²) in [6.45, 7) is 4.41. The molecule has 0 aromatic carbocycles. The number of amides is 1. The number of aliphatic hydroxyl groups is 1. The van der Waals surface area contributed by atoms with Crippen molar-refractivity contribution in [1.29, 1.82) is 0 Å². The van der Waals surface area contributed by atoms with E-state index in [9.17, 15) is 13.6 Å². The standard InChI is InChI=1S/C12H17F2N3O3/c1-11(2,3)20-10(19)17-9-15-6-8(7-16-9)12(13,14)4-5-18/h6-7,18H,4-5H2,1-3H3,(H,15,16,17,19). The quantitative estimate of drug-likeness (QED) is 0.888. The van der Waals surface area contributed by atoms with E-state index in [1.807, 2.05) is 0 Å². The van der Waals surface area contributed by atoms with Crippen LogP contribution in [0.3, 0.4) is 0 Å². The second-order valence-electron chi connectivity index (χ2n) is 5.10. The molecule has 0 saturated heterocycles. The predicted molar refractivity (Wildman–Crippen MR) is 67.5 cm³/mol. The summed E-state index contributed by atoms with van der Waals surface area (Å²) in [6.07, 6.45) is 0.312. The molecule has 2 N–H and O–H groups in total. The third kappa shape index (κ3) is 5.04. The highest BCUT2D eigenvalue weighted by Gasteiger charge is 2.31.